The van der Waals surface area contributed by atoms with Gasteiger partial charge in [-0.05, 0) is 6.42 Å². The molecule has 0 saturated heterocycles. The van der Waals surface area contributed by atoms with Crippen LogP contribution in [0.3, 0.4) is 0 Å². The van der Waals surface area contributed by atoms with Crippen molar-refractivity contribution in [1.82, 2.24) is 0 Å². The minimum atomic E-state index is -5.10. The molecule has 1 aromatic carbocycles. The summed E-state index contributed by atoms with van der Waals surface area (Å²) in [7, 11) is 0.727. The van der Waals surface area contributed by atoms with Gasteiger partial charge in [0.2, 0.25) is 0 Å². The van der Waals surface area contributed by atoms with E-state index in [-0.39, 0.29) is 6.42 Å². The highest BCUT2D eigenvalue weighted by molar-refractivity contribution is 5.88. The molecule has 0 radical (unpaired) electrons. The molecule has 0 saturated carbocycles. The fourth-order valence-corrected chi connectivity index (χ4v) is 1.95. The topological polar surface area (TPSA) is 72.8 Å². The predicted molar refractivity (Wildman–Crippen MR) is 73.4 cm³/mol. The van der Waals surface area contributed by atoms with Crippen LogP contribution >= 0.6 is 0 Å². The van der Waals surface area contributed by atoms with E-state index in [4.69, 9.17) is 0 Å². The molecule has 1 aromatic rings. The number of alkyl halides is 3. The van der Waals surface area contributed by atoms with Crippen molar-refractivity contribution in [3.63, 3.8) is 0 Å². The number of benzene rings is 1. The minimum absolute atomic E-state index is 0.0593. The lowest BCUT2D eigenvalue weighted by Crippen LogP contribution is -2.52. The van der Waals surface area contributed by atoms with Crippen LogP contribution in [0.5, 0.6) is 0 Å². The molecule has 0 amide bonds. The van der Waals surface area contributed by atoms with Crippen LogP contribution in [0.15, 0.2) is 30.3 Å². The molecule has 0 fully saturated rings. The van der Waals surface area contributed by atoms with E-state index in [2.05, 4.69) is 9.47 Å². The number of Topliss-reactive ketones (excluding diaryl/α,β-unsaturated/α-hetero) is 1. The summed E-state index contributed by atoms with van der Waals surface area (Å²) in [6.07, 6.45) is -6.45. The van der Waals surface area contributed by atoms with Crippen LogP contribution in [-0.2, 0) is 24.7 Å². The van der Waals surface area contributed by atoms with Gasteiger partial charge in [0.25, 0.3) is 5.60 Å². The lowest BCUT2D eigenvalue weighted by Gasteiger charge is -2.32. The summed E-state index contributed by atoms with van der Waals surface area (Å²) >= 11 is 0. The zero-order valence-electron chi connectivity index (χ0n) is 12.6. The molecular weight excluding hydrogens is 317 g/mol. The molecule has 5 nitrogen and oxygen atoms in total. The van der Waals surface area contributed by atoms with Crippen molar-refractivity contribution in [2.24, 2.45) is 0 Å². The van der Waals surface area contributed by atoms with E-state index in [0.717, 1.165) is 19.2 Å². The van der Waals surface area contributed by atoms with Gasteiger partial charge in [0.05, 0.1) is 0 Å². The van der Waals surface area contributed by atoms with Crippen LogP contribution in [0.2, 0.25) is 0 Å². The van der Waals surface area contributed by atoms with E-state index in [1.54, 1.807) is 0 Å². The number of rotatable bonds is 7. The van der Waals surface area contributed by atoms with Gasteiger partial charge in [0.15, 0.2) is 12.4 Å². The minimum Gasteiger partial charge on any atom is -0.455 e. The molecule has 0 spiro atoms. The van der Waals surface area contributed by atoms with Crippen molar-refractivity contribution in [1.29, 1.82) is 0 Å². The maximum absolute atomic E-state index is 13.5. The summed E-state index contributed by atoms with van der Waals surface area (Å²) in [5.41, 5.74) is -3.81. The quantitative estimate of drug-likeness (QED) is 0.772. The summed E-state index contributed by atoms with van der Waals surface area (Å²) in [5, 5.41) is 9.28. The first kappa shape index (κ1) is 19.1. The molecule has 128 valence electrons. The van der Waals surface area contributed by atoms with Crippen LogP contribution in [0.4, 0.5) is 13.2 Å². The number of esters is 1. The van der Waals surface area contributed by atoms with Crippen LogP contribution in [0, 0.1) is 0 Å². The molecule has 0 unspecified atom stereocenters. The van der Waals surface area contributed by atoms with Crippen molar-refractivity contribution < 1.29 is 37.3 Å². The maximum Gasteiger partial charge on any atom is 0.432 e. The van der Waals surface area contributed by atoms with Gasteiger partial charge in [-0.3, -0.25) is 4.79 Å². The Hall–Kier alpha value is -1.93. The number of ether oxygens (including phenoxy) is 2. The van der Waals surface area contributed by atoms with E-state index >= 15 is 0 Å². The largest absolute Gasteiger partial charge is 0.455 e. The summed E-state index contributed by atoms with van der Waals surface area (Å²) in [4.78, 5) is 23.5. The van der Waals surface area contributed by atoms with Crippen molar-refractivity contribution >= 4 is 11.8 Å². The molecule has 23 heavy (non-hydrogen) atoms. The first-order chi connectivity index (χ1) is 10.7. The average Bonchev–Trinajstić information content (AvgIpc) is 2.52. The highest BCUT2D eigenvalue weighted by Gasteiger charge is 2.64. The monoisotopic (exact) mass is 334 g/mol. The number of hydrogen-bond acceptors (Lipinski definition) is 5. The van der Waals surface area contributed by atoms with Crippen LogP contribution in [0.1, 0.15) is 18.9 Å². The summed E-state index contributed by atoms with van der Waals surface area (Å²) in [6, 6.07) is 6.25. The third-order valence-electron chi connectivity index (χ3n) is 3.28. The molecule has 0 aromatic heterocycles. The predicted octanol–water partition coefficient (Wildman–Crippen LogP) is 1.97. The number of carbonyl (C=O) groups is 2. The Morgan fingerprint density at radius 1 is 1.22 bits per heavy atom. The van der Waals surface area contributed by atoms with Gasteiger partial charge in [0, 0.05) is 12.7 Å². The Morgan fingerprint density at radius 2 is 1.78 bits per heavy atom. The molecule has 8 heteroatoms. The number of halogens is 3. The van der Waals surface area contributed by atoms with Gasteiger partial charge >= 0.3 is 12.1 Å². The normalized spacial score (nSPS) is 15.6. The zero-order chi connectivity index (χ0) is 17.7. The molecule has 0 aliphatic heterocycles. The molecule has 0 bridgehead atoms. The van der Waals surface area contributed by atoms with Crippen LogP contribution in [0.25, 0.3) is 0 Å². The molecule has 0 aliphatic rings. The summed E-state index contributed by atoms with van der Waals surface area (Å²) in [6.45, 7) is 0.533. The Labute approximate surface area is 131 Å². The molecular formula is C15H17F3O5. The average molecular weight is 334 g/mol. The van der Waals surface area contributed by atoms with E-state index in [1.165, 1.54) is 25.1 Å². The first-order valence-electron chi connectivity index (χ1n) is 6.76. The molecule has 0 heterocycles. The van der Waals surface area contributed by atoms with Crippen LogP contribution in [-0.4, -0.2) is 42.9 Å². The van der Waals surface area contributed by atoms with E-state index in [1.807, 2.05) is 0 Å². The van der Waals surface area contributed by atoms with Crippen molar-refractivity contribution in [2.75, 3.05) is 13.7 Å². The Morgan fingerprint density at radius 3 is 2.22 bits per heavy atom. The van der Waals surface area contributed by atoms with Crippen LogP contribution < -0.4 is 0 Å². The van der Waals surface area contributed by atoms with E-state index in [0.29, 0.717) is 0 Å². The van der Waals surface area contributed by atoms with Gasteiger partial charge in [-0.25, -0.2) is 4.79 Å². The van der Waals surface area contributed by atoms with Gasteiger partial charge < -0.3 is 14.6 Å². The third-order valence-corrected chi connectivity index (χ3v) is 3.28. The molecule has 1 N–H and O–H groups in total. The SMILES string of the molecule is CC[C@H](O)C(=O)COC(=O)[C@](OC)(c1ccccc1)C(F)(F)F. The Balaban J connectivity index is 3.11. The number of ketones is 1. The number of aliphatic hydroxyl groups excluding tert-OH is 1. The molecule has 1 rings (SSSR count). The van der Waals surface area contributed by atoms with Gasteiger partial charge in [0.1, 0.15) is 6.10 Å². The van der Waals surface area contributed by atoms with Crippen molar-refractivity contribution in [2.45, 2.75) is 31.2 Å². The highest BCUT2D eigenvalue weighted by Crippen LogP contribution is 2.42. The highest BCUT2D eigenvalue weighted by atomic mass is 19.4. The number of methoxy groups -OCH3 is 1. The number of carbonyl (C=O) groups excluding carboxylic acids is 2. The molecule has 0 aliphatic carbocycles. The fourth-order valence-electron chi connectivity index (χ4n) is 1.95. The smallest absolute Gasteiger partial charge is 0.432 e. The second kappa shape index (κ2) is 7.56. The van der Waals surface area contributed by atoms with Gasteiger partial charge in [-0.2, -0.15) is 13.2 Å². The first-order valence-corrected chi connectivity index (χ1v) is 6.76. The standard InChI is InChI=1S/C15H17F3O5/c1-3-11(19)12(20)9-23-13(21)14(22-2,15(16,17)18)10-7-5-4-6-8-10/h4-8,11,19H,3,9H2,1-2H3/t11-,14+/m0/s1. The maximum atomic E-state index is 13.5. The Kier molecular flexibility index (Phi) is 6.28. The lowest BCUT2D eigenvalue weighted by molar-refractivity contribution is -0.276. The van der Waals surface area contributed by atoms with Gasteiger partial charge in [-0.1, -0.05) is 37.3 Å². The third kappa shape index (κ3) is 3.89. The summed E-state index contributed by atoms with van der Waals surface area (Å²) in [5.74, 6) is -2.66. The zero-order valence-corrected chi connectivity index (χ0v) is 12.6. The van der Waals surface area contributed by atoms with Crippen molar-refractivity contribution in [3.05, 3.63) is 35.9 Å². The Bertz CT molecular complexity index is 544. The molecule has 2 atom stereocenters. The lowest BCUT2D eigenvalue weighted by atomic mass is 9.93. The second-order valence-electron chi connectivity index (χ2n) is 4.72. The fraction of sp³-hybridized carbons (Fsp3) is 0.467. The number of aliphatic hydroxyl groups is 1. The summed E-state index contributed by atoms with van der Waals surface area (Å²) < 4.78 is 49.5. The second-order valence-corrected chi connectivity index (χ2v) is 4.72. The van der Waals surface area contributed by atoms with Gasteiger partial charge in [-0.15, -0.1) is 0 Å². The van der Waals surface area contributed by atoms with Crippen molar-refractivity contribution in [3.8, 4) is 0 Å². The number of hydrogen-bond donors (Lipinski definition) is 1. The van der Waals surface area contributed by atoms with E-state index < -0.39 is 41.8 Å². The van der Waals surface area contributed by atoms with E-state index in [9.17, 15) is 27.9 Å².